The number of aliphatic carboxylic acids is 1. The molecule has 5 nitrogen and oxygen atoms in total. The number of benzene rings is 1. The summed E-state index contributed by atoms with van der Waals surface area (Å²) in [6, 6.07) is 7.66. The highest BCUT2D eigenvalue weighted by atomic mass is 16.5. The van der Waals surface area contributed by atoms with Crippen LogP contribution < -0.4 is 10.1 Å². The molecule has 0 aromatic heterocycles. The first kappa shape index (κ1) is 14.0. The lowest BCUT2D eigenvalue weighted by atomic mass is 10.2. The summed E-state index contributed by atoms with van der Waals surface area (Å²) in [6.45, 7) is 1.93. The van der Waals surface area contributed by atoms with Crippen molar-refractivity contribution in [2.45, 2.75) is 19.8 Å². The molecule has 0 aliphatic rings. The van der Waals surface area contributed by atoms with E-state index in [4.69, 9.17) is 9.84 Å². The third-order valence-electron chi connectivity index (χ3n) is 2.34. The molecule has 5 heteroatoms. The van der Waals surface area contributed by atoms with Gasteiger partial charge >= 0.3 is 5.97 Å². The van der Waals surface area contributed by atoms with Gasteiger partial charge in [0.25, 0.3) is 0 Å². The Labute approximate surface area is 106 Å². The number of carbonyl (C=O) groups excluding carboxylic acids is 1. The molecule has 98 valence electrons. The highest BCUT2D eigenvalue weighted by molar-refractivity contribution is 5.81. The lowest BCUT2D eigenvalue weighted by molar-refractivity contribution is -0.138. The monoisotopic (exact) mass is 251 g/mol. The Morgan fingerprint density at radius 1 is 1.39 bits per heavy atom. The number of rotatable bonds is 7. The number of carboxylic acids is 1. The minimum Gasteiger partial charge on any atom is -0.493 e. The van der Waals surface area contributed by atoms with Gasteiger partial charge in [-0.25, -0.2) is 0 Å². The van der Waals surface area contributed by atoms with Crippen molar-refractivity contribution in [2.75, 3.05) is 13.2 Å². The van der Waals surface area contributed by atoms with Gasteiger partial charge in [0.1, 0.15) is 12.3 Å². The van der Waals surface area contributed by atoms with Crippen molar-refractivity contribution in [3.8, 4) is 5.75 Å². The number of carboxylic acid groups (broad SMARTS) is 1. The smallest absolute Gasteiger partial charge is 0.322 e. The number of carbonyl (C=O) groups is 2. The fourth-order valence-electron chi connectivity index (χ4n) is 1.38. The molecule has 0 aliphatic carbocycles. The normalized spacial score (nSPS) is 9.83. The van der Waals surface area contributed by atoms with E-state index in [0.717, 1.165) is 12.2 Å². The Balaban J connectivity index is 2.28. The van der Waals surface area contributed by atoms with E-state index in [0.29, 0.717) is 0 Å². The van der Waals surface area contributed by atoms with Crippen LogP contribution in [0.3, 0.4) is 0 Å². The van der Waals surface area contributed by atoms with Gasteiger partial charge in [-0.2, -0.15) is 0 Å². The van der Waals surface area contributed by atoms with Crippen molar-refractivity contribution >= 4 is 11.9 Å². The molecule has 0 aliphatic heterocycles. The molecule has 0 saturated carbocycles. The molecule has 1 aromatic rings. The van der Waals surface area contributed by atoms with Gasteiger partial charge in [0, 0.05) is 0 Å². The third-order valence-corrected chi connectivity index (χ3v) is 2.34. The van der Waals surface area contributed by atoms with E-state index in [1.165, 1.54) is 5.56 Å². The maximum atomic E-state index is 11.2. The van der Waals surface area contributed by atoms with E-state index in [2.05, 4.69) is 12.2 Å². The van der Waals surface area contributed by atoms with Crippen molar-refractivity contribution in [2.24, 2.45) is 0 Å². The van der Waals surface area contributed by atoms with Crippen LogP contribution in [0.2, 0.25) is 0 Å². The van der Waals surface area contributed by atoms with Gasteiger partial charge in [-0.1, -0.05) is 19.1 Å². The first-order valence-corrected chi connectivity index (χ1v) is 5.82. The summed E-state index contributed by atoms with van der Waals surface area (Å²) in [4.78, 5) is 21.4. The Bertz CT molecular complexity index is 417. The molecule has 1 amide bonds. The van der Waals surface area contributed by atoms with Crippen LogP contribution in [0.15, 0.2) is 24.3 Å². The molecule has 0 fully saturated rings. The summed E-state index contributed by atoms with van der Waals surface area (Å²) < 4.78 is 5.42. The van der Waals surface area contributed by atoms with E-state index in [-0.39, 0.29) is 25.5 Å². The molecule has 0 atom stereocenters. The number of hydrogen-bond donors (Lipinski definition) is 2. The predicted molar refractivity (Wildman–Crippen MR) is 66.6 cm³/mol. The second-order valence-corrected chi connectivity index (χ2v) is 3.77. The Hall–Kier alpha value is -2.04. The van der Waals surface area contributed by atoms with Crippen molar-refractivity contribution in [1.82, 2.24) is 5.32 Å². The minimum absolute atomic E-state index is 0.142. The SMILES string of the molecule is CCc1cccc(OCCC(=O)NCC(=O)O)c1. The van der Waals surface area contributed by atoms with E-state index in [1.54, 1.807) is 0 Å². The Kier molecular flexibility index (Phi) is 5.70. The molecule has 0 bridgehead atoms. The minimum atomic E-state index is -1.06. The van der Waals surface area contributed by atoms with Gasteiger partial charge in [-0.3, -0.25) is 9.59 Å². The largest absolute Gasteiger partial charge is 0.493 e. The van der Waals surface area contributed by atoms with Crippen LogP contribution in [0.5, 0.6) is 5.75 Å². The zero-order valence-corrected chi connectivity index (χ0v) is 10.3. The van der Waals surface area contributed by atoms with Gasteiger partial charge < -0.3 is 15.2 Å². The molecular weight excluding hydrogens is 234 g/mol. The lowest BCUT2D eigenvalue weighted by Crippen LogP contribution is -2.30. The summed E-state index contributed by atoms with van der Waals surface area (Å²) in [7, 11) is 0. The van der Waals surface area contributed by atoms with Crippen molar-refractivity contribution in [1.29, 1.82) is 0 Å². The molecule has 2 N–H and O–H groups in total. The molecule has 0 unspecified atom stereocenters. The maximum absolute atomic E-state index is 11.2. The number of nitrogens with one attached hydrogen (secondary N) is 1. The van der Waals surface area contributed by atoms with Crippen LogP contribution in [-0.4, -0.2) is 30.1 Å². The summed E-state index contributed by atoms with van der Waals surface area (Å²) in [5.74, 6) is -0.663. The van der Waals surface area contributed by atoms with Gasteiger partial charge in [0.05, 0.1) is 13.0 Å². The van der Waals surface area contributed by atoms with Crippen molar-refractivity contribution in [3.63, 3.8) is 0 Å². The lowest BCUT2D eigenvalue weighted by Gasteiger charge is -2.07. The van der Waals surface area contributed by atoms with E-state index in [9.17, 15) is 9.59 Å². The van der Waals surface area contributed by atoms with Gasteiger partial charge in [-0.15, -0.1) is 0 Å². The number of ether oxygens (including phenoxy) is 1. The summed E-state index contributed by atoms with van der Waals surface area (Å²) in [5, 5.41) is 10.6. The van der Waals surface area contributed by atoms with Crippen molar-refractivity contribution in [3.05, 3.63) is 29.8 Å². The predicted octanol–water partition coefficient (Wildman–Crippen LogP) is 1.22. The fraction of sp³-hybridized carbons (Fsp3) is 0.385. The van der Waals surface area contributed by atoms with E-state index >= 15 is 0 Å². The first-order chi connectivity index (χ1) is 8.61. The van der Waals surface area contributed by atoms with Crippen LogP contribution in [0.4, 0.5) is 0 Å². The molecule has 1 rings (SSSR count). The topological polar surface area (TPSA) is 75.6 Å². The van der Waals surface area contributed by atoms with Crippen LogP contribution >= 0.6 is 0 Å². The van der Waals surface area contributed by atoms with Gasteiger partial charge in [0.15, 0.2) is 0 Å². The number of aryl methyl sites for hydroxylation is 1. The van der Waals surface area contributed by atoms with Crippen LogP contribution in [0, 0.1) is 0 Å². The zero-order valence-electron chi connectivity index (χ0n) is 10.3. The number of hydrogen-bond acceptors (Lipinski definition) is 3. The summed E-state index contributed by atoms with van der Waals surface area (Å²) in [6.07, 6.45) is 1.07. The van der Waals surface area contributed by atoms with E-state index in [1.807, 2.05) is 24.3 Å². The summed E-state index contributed by atoms with van der Waals surface area (Å²) in [5.41, 5.74) is 1.17. The number of amides is 1. The molecule has 0 heterocycles. The van der Waals surface area contributed by atoms with Gasteiger partial charge in [0.2, 0.25) is 5.91 Å². The second kappa shape index (κ2) is 7.32. The molecular formula is C13H17NO4. The quantitative estimate of drug-likeness (QED) is 0.764. The Morgan fingerprint density at radius 2 is 2.17 bits per heavy atom. The van der Waals surface area contributed by atoms with E-state index < -0.39 is 5.97 Å². The van der Waals surface area contributed by atoms with Gasteiger partial charge in [-0.05, 0) is 24.1 Å². The molecule has 1 aromatic carbocycles. The molecule has 0 spiro atoms. The van der Waals surface area contributed by atoms with Crippen LogP contribution in [0.25, 0.3) is 0 Å². The fourth-order valence-corrected chi connectivity index (χ4v) is 1.38. The molecule has 0 saturated heterocycles. The maximum Gasteiger partial charge on any atom is 0.322 e. The van der Waals surface area contributed by atoms with Crippen LogP contribution in [-0.2, 0) is 16.0 Å². The second-order valence-electron chi connectivity index (χ2n) is 3.77. The highest BCUT2D eigenvalue weighted by Gasteiger charge is 2.04. The van der Waals surface area contributed by atoms with Crippen molar-refractivity contribution < 1.29 is 19.4 Å². The first-order valence-electron chi connectivity index (χ1n) is 5.82. The highest BCUT2D eigenvalue weighted by Crippen LogP contribution is 2.13. The average molecular weight is 251 g/mol. The standard InChI is InChI=1S/C13H17NO4/c1-2-10-4-3-5-11(8-10)18-7-6-12(15)14-9-13(16)17/h3-5,8H,2,6-7,9H2,1H3,(H,14,15)(H,16,17). The third kappa shape index (κ3) is 5.34. The Morgan fingerprint density at radius 3 is 2.83 bits per heavy atom. The molecule has 0 radical (unpaired) electrons. The molecule has 18 heavy (non-hydrogen) atoms. The zero-order chi connectivity index (χ0) is 13.4. The van der Waals surface area contributed by atoms with Crippen LogP contribution in [0.1, 0.15) is 18.9 Å². The average Bonchev–Trinajstić information content (AvgIpc) is 2.36. The summed E-state index contributed by atoms with van der Waals surface area (Å²) >= 11 is 0.